The molecule has 2 rings (SSSR count). The van der Waals surface area contributed by atoms with E-state index < -0.39 is 0 Å². The summed E-state index contributed by atoms with van der Waals surface area (Å²) in [5.41, 5.74) is 2.40. The molecule has 1 atom stereocenters. The van der Waals surface area contributed by atoms with Crippen LogP contribution < -0.4 is 0 Å². The Kier molecular flexibility index (Phi) is 4.11. The highest BCUT2D eigenvalue weighted by molar-refractivity contribution is 5.36. The summed E-state index contributed by atoms with van der Waals surface area (Å²) < 4.78 is 0. The molecular weight excluding hydrogens is 210 g/mol. The Bertz CT molecular complexity index is 397. The normalized spacial score (nSPS) is 18.4. The summed E-state index contributed by atoms with van der Waals surface area (Å²) in [6.45, 7) is 2.07. The number of aryl methyl sites for hydroxylation is 1. The van der Waals surface area contributed by atoms with Gasteiger partial charge in [0.1, 0.15) is 0 Å². The van der Waals surface area contributed by atoms with Crippen molar-refractivity contribution in [2.75, 3.05) is 0 Å². The zero-order chi connectivity index (χ0) is 12.1. The van der Waals surface area contributed by atoms with Crippen molar-refractivity contribution in [2.24, 2.45) is 10.9 Å². The van der Waals surface area contributed by atoms with Crippen molar-refractivity contribution in [3.63, 3.8) is 0 Å². The Morgan fingerprint density at radius 2 is 1.82 bits per heavy atom. The zero-order valence-electron chi connectivity index (χ0n) is 10.4. The highest BCUT2D eigenvalue weighted by Crippen LogP contribution is 2.36. The molecule has 17 heavy (non-hydrogen) atoms. The third-order valence-electron chi connectivity index (χ3n) is 3.71. The third-order valence-corrected chi connectivity index (χ3v) is 3.71. The van der Waals surface area contributed by atoms with E-state index in [1.54, 1.807) is 6.08 Å². The summed E-state index contributed by atoms with van der Waals surface area (Å²) in [4.78, 5) is 14.6. The van der Waals surface area contributed by atoms with E-state index in [0.717, 1.165) is 5.56 Å². The predicted octanol–water partition coefficient (Wildman–Crippen LogP) is 3.95. The van der Waals surface area contributed by atoms with E-state index >= 15 is 0 Å². The van der Waals surface area contributed by atoms with E-state index in [0.29, 0.717) is 5.92 Å². The topological polar surface area (TPSA) is 29.4 Å². The summed E-state index contributed by atoms with van der Waals surface area (Å²) >= 11 is 0. The fourth-order valence-electron chi connectivity index (χ4n) is 2.72. The van der Waals surface area contributed by atoms with Gasteiger partial charge in [-0.05, 0) is 31.2 Å². The molecule has 0 heterocycles. The highest BCUT2D eigenvalue weighted by atomic mass is 16.1. The van der Waals surface area contributed by atoms with Crippen molar-refractivity contribution in [3.8, 4) is 0 Å². The molecule has 1 aliphatic rings. The van der Waals surface area contributed by atoms with E-state index in [1.807, 2.05) is 0 Å². The predicted molar refractivity (Wildman–Crippen MR) is 68.6 cm³/mol. The quantitative estimate of drug-likeness (QED) is 0.570. The standard InChI is InChI=1S/C15H19NO/c1-12-7-9-14(10-8-12)15(16-11-17)13-5-3-2-4-6-13/h7-10,13,15H,2-6H2,1H3. The van der Waals surface area contributed by atoms with Crippen LogP contribution in [-0.2, 0) is 4.79 Å². The Balaban J connectivity index is 2.21. The lowest BCUT2D eigenvalue weighted by atomic mass is 9.81. The first kappa shape index (κ1) is 12.1. The number of aliphatic imine (C=N–C) groups is 1. The zero-order valence-corrected chi connectivity index (χ0v) is 10.4. The van der Waals surface area contributed by atoms with Gasteiger partial charge in [-0.3, -0.25) is 0 Å². The second-order valence-electron chi connectivity index (χ2n) is 4.97. The molecule has 0 amide bonds. The second kappa shape index (κ2) is 5.79. The second-order valence-corrected chi connectivity index (χ2v) is 4.97. The van der Waals surface area contributed by atoms with Gasteiger partial charge in [0.15, 0.2) is 0 Å². The van der Waals surface area contributed by atoms with Crippen LogP contribution in [0.25, 0.3) is 0 Å². The Morgan fingerprint density at radius 3 is 2.41 bits per heavy atom. The van der Waals surface area contributed by atoms with Gasteiger partial charge in [-0.15, -0.1) is 0 Å². The van der Waals surface area contributed by atoms with Crippen LogP contribution in [0.3, 0.4) is 0 Å². The fraction of sp³-hybridized carbons (Fsp3) is 0.533. The molecule has 1 saturated carbocycles. The van der Waals surface area contributed by atoms with E-state index in [9.17, 15) is 4.79 Å². The van der Waals surface area contributed by atoms with Crippen molar-refractivity contribution in [2.45, 2.75) is 45.1 Å². The van der Waals surface area contributed by atoms with E-state index in [2.05, 4.69) is 36.2 Å². The van der Waals surface area contributed by atoms with Gasteiger partial charge in [0.2, 0.25) is 6.08 Å². The lowest BCUT2D eigenvalue weighted by Gasteiger charge is -2.26. The van der Waals surface area contributed by atoms with Crippen LogP contribution in [-0.4, -0.2) is 6.08 Å². The van der Waals surface area contributed by atoms with E-state index in [-0.39, 0.29) is 6.04 Å². The number of carbonyl (C=O) groups excluding carboxylic acids is 1. The number of nitrogens with zero attached hydrogens (tertiary/aromatic N) is 1. The maximum absolute atomic E-state index is 10.6. The first-order chi connectivity index (χ1) is 8.31. The SMILES string of the molecule is Cc1ccc(C(N=C=O)C2CCCCC2)cc1. The molecule has 0 spiro atoms. The lowest BCUT2D eigenvalue weighted by Crippen LogP contribution is -2.14. The average molecular weight is 229 g/mol. The molecule has 1 fully saturated rings. The molecule has 1 unspecified atom stereocenters. The summed E-state index contributed by atoms with van der Waals surface area (Å²) in [6, 6.07) is 8.38. The summed E-state index contributed by atoms with van der Waals surface area (Å²) in [5, 5.41) is 0. The van der Waals surface area contributed by atoms with Crippen LogP contribution in [0, 0.1) is 12.8 Å². The van der Waals surface area contributed by atoms with Crippen LogP contribution in [0.5, 0.6) is 0 Å². The summed E-state index contributed by atoms with van der Waals surface area (Å²) in [6.07, 6.45) is 7.97. The van der Waals surface area contributed by atoms with Gasteiger partial charge in [-0.25, -0.2) is 4.79 Å². The van der Waals surface area contributed by atoms with Crippen LogP contribution in [0.4, 0.5) is 0 Å². The minimum absolute atomic E-state index is 0.0217. The largest absolute Gasteiger partial charge is 0.235 e. The molecule has 0 radical (unpaired) electrons. The maximum atomic E-state index is 10.6. The molecule has 2 nitrogen and oxygen atoms in total. The highest BCUT2D eigenvalue weighted by Gasteiger charge is 2.24. The molecule has 90 valence electrons. The van der Waals surface area contributed by atoms with Crippen LogP contribution in [0.2, 0.25) is 0 Å². The molecule has 0 aromatic heterocycles. The molecule has 2 heteroatoms. The Morgan fingerprint density at radius 1 is 1.18 bits per heavy atom. The summed E-state index contributed by atoms with van der Waals surface area (Å²) in [5.74, 6) is 0.521. The lowest BCUT2D eigenvalue weighted by molar-refractivity contribution is 0.309. The van der Waals surface area contributed by atoms with Gasteiger partial charge in [0, 0.05) is 0 Å². The van der Waals surface area contributed by atoms with Crippen molar-refractivity contribution in [1.82, 2.24) is 0 Å². The van der Waals surface area contributed by atoms with E-state index in [4.69, 9.17) is 0 Å². The van der Waals surface area contributed by atoms with Gasteiger partial charge in [-0.2, -0.15) is 4.99 Å². The van der Waals surface area contributed by atoms with Gasteiger partial charge in [0.25, 0.3) is 0 Å². The monoisotopic (exact) mass is 229 g/mol. The number of benzene rings is 1. The van der Waals surface area contributed by atoms with Gasteiger partial charge in [0.05, 0.1) is 6.04 Å². The fourth-order valence-corrected chi connectivity index (χ4v) is 2.72. The number of isocyanates is 1. The molecule has 0 N–H and O–H groups in total. The van der Waals surface area contributed by atoms with Crippen LogP contribution in [0.1, 0.15) is 49.3 Å². The van der Waals surface area contributed by atoms with Gasteiger partial charge in [-0.1, -0.05) is 49.1 Å². The Labute approximate surface area is 103 Å². The van der Waals surface area contributed by atoms with E-state index in [1.165, 1.54) is 37.7 Å². The van der Waals surface area contributed by atoms with Gasteiger partial charge < -0.3 is 0 Å². The third kappa shape index (κ3) is 3.04. The molecule has 1 aromatic rings. The Hall–Kier alpha value is -1.40. The smallest absolute Gasteiger partial charge is 0.211 e. The summed E-state index contributed by atoms with van der Waals surface area (Å²) in [7, 11) is 0. The minimum Gasteiger partial charge on any atom is -0.211 e. The molecule has 0 aliphatic heterocycles. The van der Waals surface area contributed by atoms with Crippen molar-refractivity contribution < 1.29 is 4.79 Å². The van der Waals surface area contributed by atoms with Crippen molar-refractivity contribution in [1.29, 1.82) is 0 Å². The maximum Gasteiger partial charge on any atom is 0.235 e. The number of hydrogen-bond donors (Lipinski definition) is 0. The molecular formula is C15H19NO. The van der Waals surface area contributed by atoms with Crippen molar-refractivity contribution >= 4 is 6.08 Å². The average Bonchev–Trinajstić information content (AvgIpc) is 2.38. The number of hydrogen-bond acceptors (Lipinski definition) is 2. The van der Waals surface area contributed by atoms with Crippen LogP contribution >= 0.6 is 0 Å². The van der Waals surface area contributed by atoms with Gasteiger partial charge >= 0.3 is 0 Å². The first-order valence-corrected chi connectivity index (χ1v) is 6.45. The van der Waals surface area contributed by atoms with Crippen LogP contribution in [0.15, 0.2) is 29.3 Å². The molecule has 0 bridgehead atoms. The van der Waals surface area contributed by atoms with Crippen molar-refractivity contribution in [3.05, 3.63) is 35.4 Å². The minimum atomic E-state index is 0.0217. The molecule has 1 aliphatic carbocycles. The first-order valence-electron chi connectivity index (χ1n) is 6.45. The molecule has 0 saturated heterocycles. The molecule has 1 aromatic carbocycles. The number of rotatable bonds is 3.